The van der Waals surface area contributed by atoms with E-state index in [0.29, 0.717) is 23.2 Å². The van der Waals surface area contributed by atoms with Crippen LogP contribution in [0.2, 0.25) is 0 Å². The minimum absolute atomic E-state index is 0.320. The molecule has 0 radical (unpaired) electrons. The van der Waals surface area contributed by atoms with Crippen LogP contribution in [0.15, 0.2) is 18.2 Å². The van der Waals surface area contributed by atoms with Gasteiger partial charge in [-0.25, -0.2) is 4.79 Å². The van der Waals surface area contributed by atoms with Gasteiger partial charge >= 0.3 is 5.97 Å². The number of carbonyl (C=O) groups is 1. The number of likely N-dealkylation sites (N-methyl/N-ethyl adjacent to an activating group) is 1. The highest BCUT2D eigenvalue weighted by Gasteiger charge is 2.32. The number of anilines is 2. The van der Waals surface area contributed by atoms with Crippen LogP contribution in [0.5, 0.6) is 0 Å². The molecule has 0 aliphatic carbocycles. The Hall–Kier alpha value is -1.75. The maximum Gasteiger partial charge on any atom is 0.337 e. The van der Waals surface area contributed by atoms with Crippen molar-refractivity contribution in [1.82, 2.24) is 4.90 Å². The maximum atomic E-state index is 11.3. The summed E-state index contributed by atoms with van der Waals surface area (Å²) in [7, 11) is 4.12. The average Bonchev–Trinajstić information content (AvgIpc) is 2.70. The molecular weight excluding hydrogens is 242 g/mol. The lowest BCUT2D eigenvalue weighted by Crippen LogP contribution is -2.34. The average molecular weight is 263 g/mol. The molecule has 0 aromatic heterocycles. The Labute approximate surface area is 113 Å². The van der Waals surface area contributed by atoms with E-state index in [2.05, 4.69) is 30.8 Å². The Bertz CT molecular complexity index is 488. The van der Waals surface area contributed by atoms with Crippen LogP contribution in [0.4, 0.5) is 11.4 Å². The van der Waals surface area contributed by atoms with Gasteiger partial charge in [0.2, 0.25) is 0 Å². The van der Waals surface area contributed by atoms with Crippen LogP contribution >= 0.6 is 0 Å². The van der Waals surface area contributed by atoms with Gasteiger partial charge in [-0.15, -0.1) is 0 Å². The molecule has 5 nitrogen and oxygen atoms in total. The standard InChI is InChI=1S/C14H21N3O2/c1-9-7-17(8-13(9)16(2)3)12-6-10(15)4-5-11(12)14(18)19/h4-6,9,13H,7-8,15H2,1-3H3,(H,18,19). The van der Waals surface area contributed by atoms with Gasteiger partial charge in [0.25, 0.3) is 0 Å². The highest BCUT2D eigenvalue weighted by Crippen LogP contribution is 2.30. The molecule has 1 fully saturated rings. The molecule has 19 heavy (non-hydrogen) atoms. The predicted molar refractivity (Wildman–Crippen MR) is 76.7 cm³/mol. The lowest BCUT2D eigenvalue weighted by atomic mass is 10.1. The van der Waals surface area contributed by atoms with Crippen molar-refractivity contribution in [3.63, 3.8) is 0 Å². The number of aromatic carboxylic acids is 1. The Morgan fingerprint density at radius 3 is 2.63 bits per heavy atom. The fraction of sp³-hybridized carbons (Fsp3) is 0.500. The lowest BCUT2D eigenvalue weighted by Gasteiger charge is -2.23. The number of rotatable bonds is 3. The summed E-state index contributed by atoms with van der Waals surface area (Å²) < 4.78 is 0. The van der Waals surface area contributed by atoms with Crippen LogP contribution in [-0.4, -0.2) is 49.2 Å². The van der Waals surface area contributed by atoms with Crippen molar-refractivity contribution in [1.29, 1.82) is 0 Å². The Balaban J connectivity index is 2.33. The molecule has 2 unspecified atom stereocenters. The minimum atomic E-state index is -0.907. The first-order valence-corrected chi connectivity index (χ1v) is 6.44. The smallest absolute Gasteiger partial charge is 0.337 e. The summed E-state index contributed by atoms with van der Waals surface area (Å²) in [6.07, 6.45) is 0. The molecule has 1 aliphatic rings. The van der Waals surface area contributed by atoms with E-state index in [4.69, 9.17) is 5.73 Å². The number of benzene rings is 1. The largest absolute Gasteiger partial charge is 0.478 e. The summed E-state index contributed by atoms with van der Waals surface area (Å²) in [5.74, 6) is -0.408. The molecular formula is C14H21N3O2. The number of hydrogen-bond acceptors (Lipinski definition) is 4. The van der Waals surface area contributed by atoms with Crippen molar-refractivity contribution in [3.8, 4) is 0 Å². The molecule has 104 valence electrons. The number of nitrogens with two attached hydrogens (primary N) is 1. The van der Waals surface area contributed by atoms with E-state index < -0.39 is 5.97 Å². The second-order valence-electron chi connectivity index (χ2n) is 5.49. The first-order valence-electron chi connectivity index (χ1n) is 6.44. The molecule has 0 bridgehead atoms. The molecule has 1 saturated heterocycles. The predicted octanol–water partition coefficient (Wildman–Crippen LogP) is 1.35. The summed E-state index contributed by atoms with van der Waals surface area (Å²) in [5.41, 5.74) is 7.44. The second-order valence-corrected chi connectivity index (χ2v) is 5.49. The van der Waals surface area contributed by atoms with Crippen LogP contribution in [0.25, 0.3) is 0 Å². The summed E-state index contributed by atoms with van der Waals surface area (Å²) in [6, 6.07) is 5.41. The van der Waals surface area contributed by atoms with Gasteiger partial charge in [0.05, 0.1) is 11.3 Å². The molecule has 1 heterocycles. The van der Waals surface area contributed by atoms with Gasteiger partial charge in [-0.3, -0.25) is 0 Å². The number of nitrogens with zero attached hydrogens (tertiary/aromatic N) is 2. The molecule has 2 atom stereocenters. The summed E-state index contributed by atoms with van der Waals surface area (Å²) in [4.78, 5) is 15.6. The van der Waals surface area contributed by atoms with Gasteiger partial charge < -0.3 is 20.6 Å². The summed E-state index contributed by atoms with van der Waals surface area (Å²) in [6.45, 7) is 3.88. The fourth-order valence-corrected chi connectivity index (χ4v) is 2.81. The van der Waals surface area contributed by atoms with Crippen molar-refractivity contribution < 1.29 is 9.90 Å². The number of hydrogen-bond donors (Lipinski definition) is 2. The monoisotopic (exact) mass is 263 g/mol. The fourth-order valence-electron chi connectivity index (χ4n) is 2.81. The normalized spacial score (nSPS) is 23.1. The van der Waals surface area contributed by atoms with Crippen LogP contribution in [-0.2, 0) is 0 Å². The van der Waals surface area contributed by atoms with E-state index in [1.807, 2.05) is 0 Å². The van der Waals surface area contributed by atoms with Gasteiger partial charge in [-0.1, -0.05) is 6.92 Å². The van der Waals surface area contributed by atoms with Crippen molar-refractivity contribution >= 4 is 17.3 Å². The lowest BCUT2D eigenvalue weighted by molar-refractivity contribution is 0.0697. The first-order chi connectivity index (χ1) is 8.90. The second kappa shape index (κ2) is 5.09. The van der Waals surface area contributed by atoms with Gasteiger partial charge in [-0.05, 0) is 38.2 Å². The molecule has 1 aliphatic heterocycles. The summed E-state index contributed by atoms with van der Waals surface area (Å²) in [5, 5.41) is 9.28. The third kappa shape index (κ3) is 2.66. The van der Waals surface area contributed by atoms with Gasteiger partial charge in [0, 0.05) is 24.8 Å². The van der Waals surface area contributed by atoms with Crippen molar-refractivity contribution in [3.05, 3.63) is 23.8 Å². The third-order valence-electron chi connectivity index (χ3n) is 3.83. The van der Waals surface area contributed by atoms with Gasteiger partial charge in [0.1, 0.15) is 0 Å². The molecule has 0 amide bonds. The number of carboxylic acid groups (broad SMARTS) is 1. The number of carboxylic acids is 1. The van der Waals surface area contributed by atoms with Gasteiger partial charge in [-0.2, -0.15) is 0 Å². The molecule has 0 saturated carbocycles. The molecule has 2 rings (SSSR count). The minimum Gasteiger partial charge on any atom is -0.478 e. The zero-order valence-corrected chi connectivity index (χ0v) is 11.6. The highest BCUT2D eigenvalue weighted by molar-refractivity contribution is 5.95. The molecule has 0 spiro atoms. The van der Waals surface area contributed by atoms with Gasteiger partial charge in [0.15, 0.2) is 0 Å². The van der Waals surface area contributed by atoms with Crippen LogP contribution < -0.4 is 10.6 Å². The molecule has 1 aromatic carbocycles. The van der Waals surface area contributed by atoms with E-state index >= 15 is 0 Å². The quantitative estimate of drug-likeness (QED) is 0.806. The van der Waals surface area contributed by atoms with Crippen molar-refractivity contribution in [2.75, 3.05) is 37.8 Å². The van der Waals surface area contributed by atoms with E-state index in [1.54, 1.807) is 18.2 Å². The molecule has 1 aromatic rings. The third-order valence-corrected chi connectivity index (χ3v) is 3.83. The maximum absolute atomic E-state index is 11.3. The van der Waals surface area contributed by atoms with E-state index in [9.17, 15) is 9.90 Å². The Morgan fingerprint density at radius 2 is 2.11 bits per heavy atom. The first kappa shape index (κ1) is 13.7. The van der Waals surface area contributed by atoms with Crippen molar-refractivity contribution in [2.24, 2.45) is 5.92 Å². The van der Waals surface area contributed by atoms with E-state index in [-0.39, 0.29) is 0 Å². The molecule has 5 heteroatoms. The summed E-state index contributed by atoms with van der Waals surface area (Å²) >= 11 is 0. The topological polar surface area (TPSA) is 69.8 Å². The van der Waals surface area contributed by atoms with Crippen LogP contribution in [0, 0.1) is 5.92 Å². The zero-order valence-electron chi connectivity index (χ0n) is 11.6. The van der Waals surface area contributed by atoms with E-state index in [1.165, 1.54) is 0 Å². The SMILES string of the molecule is CC1CN(c2cc(N)ccc2C(=O)O)CC1N(C)C. The van der Waals surface area contributed by atoms with Crippen LogP contribution in [0.1, 0.15) is 17.3 Å². The Kier molecular flexibility index (Phi) is 3.66. The highest BCUT2D eigenvalue weighted by atomic mass is 16.4. The zero-order chi connectivity index (χ0) is 14.2. The van der Waals surface area contributed by atoms with E-state index in [0.717, 1.165) is 18.8 Å². The molecule has 3 N–H and O–H groups in total. The van der Waals surface area contributed by atoms with Crippen LogP contribution in [0.3, 0.4) is 0 Å². The van der Waals surface area contributed by atoms with Crippen molar-refractivity contribution in [2.45, 2.75) is 13.0 Å². The number of nitrogen functional groups attached to an aromatic ring is 1. The Morgan fingerprint density at radius 1 is 1.42 bits per heavy atom.